The molecule has 0 aliphatic rings. The van der Waals surface area contributed by atoms with Crippen molar-refractivity contribution in [3.8, 4) is 5.75 Å². The van der Waals surface area contributed by atoms with Gasteiger partial charge in [-0.05, 0) is 56.3 Å². The van der Waals surface area contributed by atoms with E-state index in [9.17, 15) is 8.42 Å². The molecule has 0 aromatic heterocycles. The van der Waals surface area contributed by atoms with Crippen molar-refractivity contribution in [2.75, 3.05) is 32.5 Å². The van der Waals surface area contributed by atoms with E-state index in [-0.39, 0.29) is 5.75 Å². The lowest BCUT2D eigenvalue weighted by Crippen LogP contribution is -2.27. The normalized spacial score (nSPS) is 11.7. The van der Waals surface area contributed by atoms with Crippen LogP contribution in [0.4, 0.5) is 0 Å². The van der Waals surface area contributed by atoms with Crippen LogP contribution in [0, 0.1) is 6.92 Å². The summed E-state index contributed by atoms with van der Waals surface area (Å²) in [4.78, 5) is 2.39. The highest BCUT2D eigenvalue weighted by Crippen LogP contribution is 2.17. The molecule has 0 spiro atoms. The van der Waals surface area contributed by atoms with Gasteiger partial charge in [0.2, 0.25) is 0 Å². The first-order chi connectivity index (χ1) is 11.9. The molecule has 2 aromatic carbocycles. The molecule has 2 aromatic rings. The number of sulfone groups is 1. The summed E-state index contributed by atoms with van der Waals surface area (Å²) < 4.78 is 31.3. The van der Waals surface area contributed by atoms with E-state index >= 15 is 0 Å². The van der Waals surface area contributed by atoms with Crippen molar-refractivity contribution in [1.29, 1.82) is 0 Å². The molecule has 6 heteroatoms. The molecule has 4 nitrogen and oxygen atoms in total. The van der Waals surface area contributed by atoms with Gasteiger partial charge in [0.1, 0.15) is 5.75 Å². The molecule has 0 saturated carbocycles. The monoisotopic (exact) mass is 425 g/mol. The minimum Gasteiger partial charge on any atom is -0.493 e. The van der Waals surface area contributed by atoms with Crippen LogP contribution in [-0.2, 0) is 9.84 Å². The van der Waals surface area contributed by atoms with Crippen molar-refractivity contribution in [3.05, 3.63) is 58.6 Å². The van der Waals surface area contributed by atoms with E-state index in [2.05, 4.69) is 15.9 Å². The molecular formula is C19H24BrNO3S. The summed E-state index contributed by atoms with van der Waals surface area (Å²) in [6.45, 7) is 3.94. The fourth-order valence-electron chi connectivity index (χ4n) is 2.38. The van der Waals surface area contributed by atoms with Gasteiger partial charge in [0.05, 0.1) is 17.3 Å². The Balaban J connectivity index is 1.72. The van der Waals surface area contributed by atoms with Crippen molar-refractivity contribution in [1.82, 2.24) is 4.90 Å². The summed E-state index contributed by atoms with van der Waals surface area (Å²) in [5.41, 5.74) is 1.12. The van der Waals surface area contributed by atoms with E-state index in [0.29, 0.717) is 18.0 Å². The molecule has 0 unspecified atom stereocenters. The second-order valence-corrected chi connectivity index (χ2v) is 9.07. The summed E-state index contributed by atoms with van der Waals surface area (Å²) in [7, 11) is -1.31. The fourth-order valence-corrected chi connectivity index (χ4v) is 3.99. The fraction of sp³-hybridized carbons (Fsp3) is 0.368. The third-order valence-electron chi connectivity index (χ3n) is 3.95. The van der Waals surface area contributed by atoms with Gasteiger partial charge in [-0.1, -0.05) is 34.1 Å². The zero-order chi connectivity index (χ0) is 18.3. The molecule has 0 saturated heterocycles. The Morgan fingerprint density at radius 2 is 1.72 bits per heavy atom. The van der Waals surface area contributed by atoms with E-state index < -0.39 is 9.84 Å². The zero-order valence-corrected chi connectivity index (χ0v) is 17.0. The van der Waals surface area contributed by atoms with Gasteiger partial charge in [0.25, 0.3) is 0 Å². The number of nitrogens with zero attached hydrogens (tertiary/aromatic N) is 1. The van der Waals surface area contributed by atoms with E-state index in [4.69, 9.17) is 4.74 Å². The maximum absolute atomic E-state index is 12.3. The molecule has 0 bridgehead atoms. The van der Waals surface area contributed by atoms with Gasteiger partial charge >= 0.3 is 0 Å². The third-order valence-corrected chi connectivity index (χ3v) is 6.19. The van der Waals surface area contributed by atoms with Gasteiger partial charge in [0, 0.05) is 17.6 Å². The largest absolute Gasteiger partial charge is 0.493 e. The van der Waals surface area contributed by atoms with Crippen LogP contribution in [0.2, 0.25) is 0 Å². The van der Waals surface area contributed by atoms with Gasteiger partial charge in [-0.15, -0.1) is 0 Å². The third kappa shape index (κ3) is 6.45. The number of benzene rings is 2. The molecule has 0 fully saturated rings. The van der Waals surface area contributed by atoms with Crippen molar-refractivity contribution in [2.24, 2.45) is 0 Å². The summed E-state index contributed by atoms with van der Waals surface area (Å²) >= 11 is 3.32. The van der Waals surface area contributed by atoms with Crippen LogP contribution >= 0.6 is 15.9 Å². The highest BCUT2D eigenvalue weighted by atomic mass is 79.9. The maximum Gasteiger partial charge on any atom is 0.179 e. The lowest BCUT2D eigenvalue weighted by Gasteiger charge is -2.17. The van der Waals surface area contributed by atoms with Gasteiger partial charge in [-0.25, -0.2) is 8.42 Å². The minimum atomic E-state index is -3.25. The van der Waals surface area contributed by atoms with E-state index in [0.717, 1.165) is 28.8 Å². The molecule has 136 valence electrons. The average molecular weight is 426 g/mol. The Bertz CT molecular complexity index is 776. The number of hydrogen-bond acceptors (Lipinski definition) is 4. The molecule has 0 heterocycles. The minimum absolute atomic E-state index is 0.115. The van der Waals surface area contributed by atoms with Gasteiger partial charge in [-0.2, -0.15) is 0 Å². The first-order valence-electron chi connectivity index (χ1n) is 8.24. The maximum atomic E-state index is 12.3. The van der Waals surface area contributed by atoms with Crippen molar-refractivity contribution >= 4 is 25.8 Å². The standard InChI is InChI=1S/C19H24BrNO3S/c1-16-6-3-4-7-19(16)24-14-5-12-21(2)13-15-25(22,23)18-10-8-17(20)9-11-18/h3-4,6-11H,5,12-15H2,1-2H3. The Hall–Kier alpha value is -1.37. The molecule has 2 rings (SSSR count). The Labute approximate surface area is 158 Å². The number of halogens is 1. The van der Waals surface area contributed by atoms with Crippen molar-refractivity contribution < 1.29 is 13.2 Å². The van der Waals surface area contributed by atoms with Crippen molar-refractivity contribution in [3.63, 3.8) is 0 Å². The van der Waals surface area contributed by atoms with Crippen LogP contribution in [0.5, 0.6) is 5.75 Å². The summed E-state index contributed by atoms with van der Waals surface area (Å²) in [5.74, 6) is 1.02. The lowest BCUT2D eigenvalue weighted by molar-refractivity contribution is 0.267. The second kappa shape index (κ2) is 9.36. The lowest BCUT2D eigenvalue weighted by atomic mass is 10.2. The Morgan fingerprint density at radius 1 is 1.04 bits per heavy atom. The van der Waals surface area contributed by atoms with Crippen LogP contribution in [0.15, 0.2) is 57.9 Å². The average Bonchev–Trinajstić information content (AvgIpc) is 2.59. The van der Waals surface area contributed by atoms with Crippen LogP contribution in [0.3, 0.4) is 0 Å². The van der Waals surface area contributed by atoms with Gasteiger partial charge in [-0.3, -0.25) is 0 Å². The first kappa shape index (κ1) is 19.9. The van der Waals surface area contributed by atoms with Gasteiger partial charge < -0.3 is 9.64 Å². The van der Waals surface area contributed by atoms with Gasteiger partial charge in [0.15, 0.2) is 9.84 Å². The number of para-hydroxylation sites is 1. The first-order valence-corrected chi connectivity index (χ1v) is 10.7. The van der Waals surface area contributed by atoms with Crippen LogP contribution in [-0.4, -0.2) is 45.8 Å². The predicted molar refractivity (Wildman–Crippen MR) is 105 cm³/mol. The predicted octanol–water partition coefficient (Wildman–Crippen LogP) is 3.93. The van der Waals surface area contributed by atoms with Crippen LogP contribution in [0.1, 0.15) is 12.0 Å². The highest BCUT2D eigenvalue weighted by Gasteiger charge is 2.15. The number of hydrogen-bond donors (Lipinski definition) is 0. The zero-order valence-electron chi connectivity index (χ0n) is 14.6. The van der Waals surface area contributed by atoms with Crippen LogP contribution in [0.25, 0.3) is 0 Å². The van der Waals surface area contributed by atoms with Crippen LogP contribution < -0.4 is 4.74 Å². The Morgan fingerprint density at radius 3 is 2.40 bits per heavy atom. The molecule has 0 atom stereocenters. The smallest absolute Gasteiger partial charge is 0.179 e. The second-order valence-electron chi connectivity index (χ2n) is 6.04. The SMILES string of the molecule is Cc1ccccc1OCCCN(C)CCS(=O)(=O)c1ccc(Br)cc1. The van der Waals surface area contributed by atoms with Crippen molar-refractivity contribution in [2.45, 2.75) is 18.2 Å². The quantitative estimate of drug-likeness (QED) is 0.570. The number of aryl methyl sites for hydroxylation is 1. The molecule has 0 aliphatic heterocycles. The molecule has 25 heavy (non-hydrogen) atoms. The summed E-state index contributed by atoms with van der Waals surface area (Å²) in [6, 6.07) is 14.7. The number of rotatable bonds is 9. The topological polar surface area (TPSA) is 46.6 Å². The van der Waals surface area contributed by atoms with E-state index in [1.54, 1.807) is 24.3 Å². The highest BCUT2D eigenvalue weighted by molar-refractivity contribution is 9.10. The summed E-state index contributed by atoms with van der Waals surface area (Å²) in [6.07, 6.45) is 0.850. The summed E-state index contributed by atoms with van der Waals surface area (Å²) in [5, 5.41) is 0. The number of ether oxygens (including phenoxy) is 1. The Kier molecular flexibility index (Phi) is 7.47. The molecular weight excluding hydrogens is 402 g/mol. The molecule has 0 aliphatic carbocycles. The molecule has 0 amide bonds. The molecule has 0 N–H and O–H groups in total. The molecule has 0 radical (unpaired) electrons. The van der Waals surface area contributed by atoms with E-state index in [1.807, 2.05) is 43.1 Å². The van der Waals surface area contributed by atoms with E-state index in [1.165, 1.54) is 0 Å².